The summed E-state index contributed by atoms with van der Waals surface area (Å²) in [6.45, 7) is 7.81. The molecule has 1 aromatic heterocycles. The molecule has 0 atom stereocenters. The Kier molecular flexibility index (Phi) is 3.59. The van der Waals surface area contributed by atoms with E-state index in [0.29, 0.717) is 5.41 Å². The Labute approximate surface area is 120 Å². The van der Waals surface area contributed by atoms with E-state index in [-0.39, 0.29) is 5.91 Å². The molecule has 0 aliphatic carbocycles. The number of amides is 1. The summed E-state index contributed by atoms with van der Waals surface area (Å²) >= 11 is 0. The van der Waals surface area contributed by atoms with E-state index in [1.807, 2.05) is 24.8 Å². The van der Waals surface area contributed by atoms with Gasteiger partial charge in [0.25, 0.3) is 5.91 Å². The van der Waals surface area contributed by atoms with Crippen molar-refractivity contribution in [3.63, 3.8) is 0 Å². The van der Waals surface area contributed by atoms with Gasteiger partial charge >= 0.3 is 0 Å². The van der Waals surface area contributed by atoms with Crippen LogP contribution in [0.4, 0.5) is 0 Å². The number of nitrogens with one attached hydrogen (secondary N) is 1. The largest absolute Gasteiger partial charge is 0.466 e. The summed E-state index contributed by atoms with van der Waals surface area (Å²) in [6.07, 6.45) is 4.82. The molecule has 1 spiro atoms. The third kappa shape index (κ3) is 2.49. The minimum absolute atomic E-state index is 0.142. The van der Waals surface area contributed by atoms with Crippen molar-refractivity contribution in [2.45, 2.75) is 39.5 Å². The Morgan fingerprint density at radius 2 is 1.85 bits per heavy atom. The lowest BCUT2D eigenvalue weighted by molar-refractivity contribution is 0.0494. The van der Waals surface area contributed by atoms with Crippen LogP contribution in [-0.2, 0) is 0 Å². The van der Waals surface area contributed by atoms with Gasteiger partial charge in [0.2, 0.25) is 0 Å². The first-order valence-corrected chi connectivity index (χ1v) is 7.67. The van der Waals surface area contributed by atoms with Gasteiger partial charge < -0.3 is 14.6 Å². The predicted molar refractivity (Wildman–Crippen MR) is 77.9 cm³/mol. The van der Waals surface area contributed by atoms with E-state index < -0.39 is 0 Å². The summed E-state index contributed by atoms with van der Waals surface area (Å²) in [5.41, 5.74) is 1.23. The maximum absolute atomic E-state index is 12.6. The zero-order valence-electron chi connectivity index (χ0n) is 12.5. The van der Waals surface area contributed by atoms with Crippen molar-refractivity contribution < 1.29 is 9.21 Å². The molecule has 3 heterocycles. The van der Waals surface area contributed by atoms with Crippen LogP contribution in [0, 0.1) is 19.3 Å². The van der Waals surface area contributed by atoms with E-state index in [2.05, 4.69) is 5.32 Å². The van der Waals surface area contributed by atoms with Crippen molar-refractivity contribution in [1.82, 2.24) is 10.2 Å². The van der Waals surface area contributed by atoms with Crippen LogP contribution in [0.15, 0.2) is 10.5 Å². The lowest BCUT2D eigenvalue weighted by atomic mass is 9.71. The fraction of sp³-hybridized carbons (Fsp3) is 0.688. The van der Waals surface area contributed by atoms with Crippen LogP contribution >= 0.6 is 0 Å². The molecule has 110 valence electrons. The molecule has 0 saturated carbocycles. The zero-order valence-corrected chi connectivity index (χ0v) is 12.5. The van der Waals surface area contributed by atoms with E-state index in [9.17, 15) is 4.79 Å². The highest BCUT2D eigenvalue weighted by Crippen LogP contribution is 2.39. The minimum Gasteiger partial charge on any atom is -0.466 e. The van der Waals surface area contributed by atoms with Gasteiger partial charge in [0, 0.05) is 13.1 Å². The maximum atomic E-state index is 12.6. The van der Waals surface area contributed by atoms with E-state index >= 15 is 0 Å². The topological polar surface area (TPSA) is 45.5 Å². The van der Waals surface area contributed by atoms with Crippen molar-refractivity contribution in [2.24, 2.45) is 5.41 Å². The van der Waals surface area contributed by atoms with E-state index in [0.717, 1.165) is 56.1 Å². The molecule has 1 amide bonds. The predicted octanol–water partition coefficient (Wildman–Crippen LogP) is 2.50. The molecule has 2 aliphatic heterocycles. The normalized spacial score (nSPS) is 22.2. The van der Waals surface area contributed by atoms with Crippen LogP contribution in [0.1, 0.15) is 47.6 Å². The second kappa shape index (κ2) is 5.24. The molecule has 0 aromatic carbocycles. The average molecular weight is 276 g/mol. The molecule has 2 aliphatic rings. The van der Waals surface area contributed by atoms with Crippen LogP contribution < -0.4 is 5.32 Å². The molecule has 4 heteroatoms. The van der Waals surface area contributed by atoms with Gasteiger partial charge in [-0.15, -0.1) is 0 Å². The summed E-state index contributed by atoms with van der Waals surface area (Å²) in [6, 6.07) is 1.87. The molecule has 0 bridgehead atoms. The van der Waals surface area contributed by atoms with Crippen molar-refractivity contribution in [1.29, 1.82) is 0 Å². The third-order valence-electron chi connectivity index (χ3n) is 5.05. The molecular formula is C16H24N2O2. The average Bonchev–Trinajstić information content (AvgIpc) is 2.79. The Morgan fingerprint density at radius 1 is 1.20 bits per heavy atom. The lowest BCUT2D eigenvalue weighted by Crippen LogP contribution is -2.47. The number of hydrogen-bond donors (Lipinski definition) is 1. The van der Waals surface area contributed by atoms with Gasteiger partial charge in [0.15, 0.2) is 0 Å². The van der Waals surface area contributed by atoms with Crippen LogP contribution in [-0.4, -0.2) is 37.0 Å². The monoisotopic (exact) mass is 276 g/mol. The summed E-state index contributed by atoms with van der Waals surface area (Å²) in [5.74, 6) is 1.70. The fourth-order valence-electron chi connectivity index (χ4n) is 3.65. The van der Waals surface area contributed by atoms with Crippen molar-refractivity contribution >= 4 is 5.91 Å². The highest BCUT2D eigenvalue weighted by molar-refractivity contribution is 5.95. The van der Waals surface area contributed by atoms with Gasteiger partial charge in [-0.1, -0.05) is 0 Å². The number of hydrogen-bond acceptors (Lipinski definition) is 3. The number of aryl methyl sites for hydroxylation is 2. The first-order chi connectivity index (χ1) is 9.60. The Hall–Kier alpha value is -1.29. The number of piperidine rings is 2. The Morgan fingerprint density at radius 3 is 2.40 bits per heavy atom. The van der Waals surface area contributed by atoms with Gasteiger partial charge in [-0.2, -0.15) is 0 Å². The number of carbonyl (C=O) groups is 1. The summed E-state index contributed by atoms with van der Waals surface area (Å²) in [4.78, 5) is 14.6. The van der Waals surface area contributed by atoms with Crippen LogP contribution in [0.25, 0.3) is 0 Å². The molecule has 20 heavy (non-hydrogen) atoms. The SMILES string of the molecule is Cc1cc(C(=O)N2CCC3(CCNCC3)CC2)c(C)o1. The molecule has 2 fully saturated rings. The van der Waals surface area contributed by atoms with Gasteiger partial charge in [0.1, 0.15) is 11.5 Å². The smallest absolute Gasteiger partial charge is 0.257 e. The molecule has 1 aromatic rings. The minimum atomic E-state index is 0.142. The lowest BCUT2D eigenvalue weighted by Gasteiger charge is -2.44. The molecular weight excluding hydrogens is 252 g/mol. The van der Waals surface area contributed by atoms with E-state index in [4.69, 9.17) is 4.42 Å². The molecule has 0 unspecified atom stereocenters. The van der Waals surface area contributed by atoms with Gasteiger partial charge in [-0.25, -0.2) is 0 Å². The quantitative estimate of drug-likeness (QED) is 0.857. The number of nitrogens with zero attached hydrogens (tertiary/aromatic N) is 1. The van der Waals surface area contributed by atoms with E-state index in [1.54, 1.807) is 0 Å². The number of carbonyl (C=O) groups excluding carboxylic acids is 1. The molecule has 2 saturated heterocycles. The van der Waals surface area contributed by atoms with Crippen molar-refractivity contribution in [2.75, 3.05) is 26.2 Å². The van der Waals surface area contributed by atoms with Crippen LogP contribution in [0.2, 0.25) is 0 Å². The summed E-state index contributed by atoms with van der Waals surface area (Å²) in [5, 5.41) is 3.43. The second-order valence-corrected chi connectivity index (χ2v) is 6.37. The fourth-order valence-corrected chi connectivity index (χ4v) is 3.65. The van der Waals surface area contributed by atoms with Crippen molar-refractivity contribution in [3.05, 3.63) is 23.2 Å². The highest BCUT2D eigenvalue weighted by Gasteiger charge is 2.37. The standard InChI is InChI=1S/C16H24N2O2/c1-12-11-14(13(2)20-12)15(19)18-9-5-16(6-10-18)3-7-17-8-4-16/h11,17H,3-10H2,1-2H3. The number of likely N-dealkylation sites (tertiary alicyclic amines) is 1. The molecule has 0 radical (unpaired) electrons. The van der Waals surface area contributed by atoms with Crippen LogP contribution in [0.5, 0.6) is 0 Å². The third-order valence-corrected chi connectivity index (χ3v) is 5.05. The molecule has 1 N–H and O–H groups in total. The Balaban J connectivity index is 1.66. The molecule has 3 rings (SSSR count). The first-order valence-electron chi connectivity index (χ1n) is 7.67. The molecule has 4 nitrogen and oxygen atoms in total. The summed E-state index contributed by atoms with van der Waals surface area (Å²) < 4.78 is 5.48. The van der Waals surface area contributed by atoms with Crippen LogP contribution in [0.3, 0.4) is 0 Å². The maximum Gasteiger partial charge on any atom is 0.257 e. The van der Waals surface area contributed by atoms with Crippen molar-refractivity contribution in [3.8, 4) is 0 Å². The number of furan rings is 1. The highest BCUT2D eigenvalue weighted by atomic mass is 16.3. The summed E-state index contributed by atoms with van der Waals surface area (Å²) in [7, 11) is 0. The van der Waals surface area contributed by atoms with Gasteiger partial charge in [-0.3, -0.25) is 4.79 Å². The van der Waals surface area contributed by atoms with Gasteiger partial charge in [-0.05, 0) is 64.1 Å². The second-order valence-electron chi connectivity index (χ2n) is 6.37. The Bertz CT molecular complexity index is 491. The van der Waals surface area contributed by atoms with E-state index in [1.165, 1.54) is 12.8 Å². The number of rotatable bonds is 1. The zero-order chi connectivity index (χ0) is 14.2. The van der Waals surface area contributed by atoms with Gasteiger partial charge in [0.05, 0.1) is 5.56 Å². The first kappa shape index (κ1) is 13.7.